The molecule has 4 heteroatoms. The van der Waals surface area contributed by atoms with Gasteiger partial charge in [0.25, 0.3) is 0 Å². The van der Waals surface area contributed by atoms with Gasteiger partial charge in [0.1, 0.15) is 5.69 Å². The highest BCUT2D eigenvalue weighted by Gasteiger charge is 2.08. The molecule has 72 valence electrons. The van der Waals surface area contributed by atoms with Crippen LogP contribution < -0.4 is 0 Å². The predicted molar refractivity (Wildman–Crippen MR) is 53.1 cm³/mol. The van der Waals surface area contributed by atoms with E-state index in [1.807, 2.05) is 6.07 Å². The van der Waals surface area contributed by atoms with E-state index in [4.69, 9.17) is 4.74 Å². The fourth-order valence-corrected chi connectivity index (χ4v) is 1.60. The van der Waals surface area contributed by atoms with Crippen LogP contribution in [0.5, 0.6) is 0 Å². The van der Waals surface area contributed by atoms with Crippen molar-refractivity contribution in [3.63, 3.8) is 0 Å². The van der Waals surface area contributed by atoms with Crippen LogP contribution in [0.2, 0.25) is 0 Å². The minimum atomic E-state index is -0.287. The molecule has 1 rings (SSSR count). The van der Waals surface area contributed by atoms with E-state index in [9.17, 15) is 4.79 Å². The molecule has 0 aliphatic heterocycles. The standard InChI is InChI=1S/C9H13NO2S/c1-3-12-9(11)7-5-6-8(10-7)13-4-2/h5-6,10H,3-4H2,1-2H3. The van der Waals surface area contributed by atoms with Crippen LogP contribution in [0.1, 0.15) is 24.3 Å². The number of H-pyrrole nitrogens is 1. The summed E-state index contributed by atoms with van der Waals surface area (Å²) in [6.07, 6.45) is 0. The smallest absolute Gasteiger partial charge is 0.354 e. The predicted octanol–water partition coefficient (Wildman–Crippen LogP) is 2.30. The van der Waals surface area contributed by atoms with Crippen LogP contribution in [-0.2, 0) is 4.74 Å². The number of carbonyl (C=O) groups excluding carboxylic acids is 1. The second-order valence-electron chi connectivity index (χ2n) is 2.39. The summed E-state index contributed by atoms with van der Waals surface area (Å²) in [6, 6.07) is 3.64. The first-order valence-electron chi connectivity index (χ1n) is 4.26. The number of aromatic nitrogens is 1. The molecule has 13 heavy (non-hydrogen) atoms. The number of esters is 1. The van der Waals surface area contributed by atoms with E-state index in [1.54, 1.807) is 24.8 Å². The summed E-state index contributed by atoms with van der Waals surface area (Å²) < 4.78 is 4.84. The molecule has 0 amide bonds. The number of carbonyl (C=O) groups is 1. The average molecular weight is 199 g/mol. The normalized spacial score (nSPS) is 10.0. The molecule has 0 aliphatic rings. The van der Waals surface area contributed by atoms with E-state index in [2.05, 4.69) is 11.9 Å². The minimum Gasteiger partial charge on any atom is -0.461 e. The van der Waals surface area contributed by atoms with Gasteiger partial charge in [-0.1, -0.05) is 6.92 Å². The highest BCUT2D eigenvalue weighted by atomic mass is 32.2. The van der Waals surface area contributed by atoms with Gasteiger partial charge in [-0.3, -0.25) is 0 Å². The van der Waals surface area contributed by atoms with Gasteiger partial charge < -0.3 is 9.72 Å². The molecule has 0 bridgehead atoms. The van der Waals surface area contributed by atoms with Crippen LogP contribution in [0.4, 0.5) is 0 Å². The van der Waals surface area contributed by atoms with Crippen molar-refractivity contribution in [3.05, 3.63) is 17.8 Å². The van der Waals surface area contributed by atoms with Crippen LogP contribution in [0.25, 0.3) is 0 Å². The van der Waals surface area contributed by atoms with Gasteiger partial charge in [0.15, 0.2) is 0 Å². The quantitative estimate of drug-likeness (QED) is 0.597. The molecule has 0 fully saturated rings. The van der Waals surface area contributed by atoms with Gasteiger partial charge in [0.2, 0.25) is 0 Å². The van der Waals surface area contributed by atoms with E-state index in [0.717, 1.165) is 10.8 Å². The topological polar surface area (TPSA) is 42.1 Å². The summed E-state index contributed by atoms with van der Waals surface area (Å²) in [6.45, 7) is 4.27. The SMILES string of the molecule is CCOC(=O)c1ccc(SCC)[nH]1. The molecule has 1 aromatic rings. The van der Waals surface area contributed by atoms with Gasteiger partial charge in [0, 0.05) is 0 Å². The lowest BCUT2D eigenvalue weighted by Gasteiger charge is -1.97. The molecule has 1 N–H and O–H groups in total. The lowest BCUT2D eigenvalue weighted by molar-refractivity contribution is 0.0520. The van der Waals surface area contributed by atoms with Gasteiger partial charge in [-0.05, 0) is 24.8 Å². The van der Waals surface area contributed by atoms with Gasteiger partial charge in [-0.2, -0.15) is 0 Å². The molecule has 0 spiro atoms. The molecule has 0 unspecified atom stereocenters. The number of thioether (sulfide) groups is 1. The molecular formula is C9H13NO2S. The summed E-state index contributed by atoms with van der Waals surface area (Å²) in [5, 5.41) is 1.01. The summed E-state index contributed by atoms with van der Waals surface area (Å²) >= 11 is 1.67. The Hall–Kier alpha value is -0.900. The van der Waals surface area contributed by atoms with Gasteiger partial charge >= 0.3 is 5.97 Å². The lowest BCUT2D eigenvalue weighted by atomic mass is 10.4. The Morgan fingerprint density at radius 1 is 1.54 bits per heavy atom. The Labute approximate surface area is 81.9 Å². The zero-order valence-electron chi connectivity index (χ0n) is 7.79. The molecule has 0 saturated carbocycles. The van der Waals surface area contributed by atoms with Crippen molar-refractivity contribution >= 4 is 17.7 Å². The van der Waals surface area contributed by atoms with E-state index >= 15 is 0 Å². The highest BCUT2D eigenvalue weighted by Crippen LogP contribution is 2.16. The molecule has 0 radical (unpaired) electrons. The van der Waals surface area contributed by atoms with Crippen molar-refractivity contribution < 1.29 is 9.53 Å². The summed E-state index contributed by atoms with van der Waals surface area (Å²) in [5.74, 6) is 0.702. The molecule has 0 atom stereocenters. The molecule has 0 aromatic carbocycles. The Bertz CT molecular complexity index is 283. The van der Waals surface area contributed by atoms with E-state index in [-0.39, 0.29) is 5.97 Å². The monoisotopic (exact) mass is 199 g/mol. The number of aromatic amines is 1. The first kappa shape index (κ1) is 10.2. The minimum absolute atomic E-state index is 0.287. The lowest BCUT2D eigenvalue weighted by Crippen LogP contribution is -2.04. The van der Waals surface area contributed by atoms with Crippen molar-refractivity contribution in [2.45, 2.75) is 18.9 Å². The number of hydrogen-bond acceptors (Lipinski definition) is 3. The van der Waals surface area contributed by atoms with Crippen molar-refractivity contribution in [2.75, 3.05) is 12.4 Å². The number of rotatable bonds is 4. The zero-order valence-corrected chi connectivity index (χ0v) is 8.61. The van der Waals surface area contributed by atoms with Crippen LogP contribution in [0.15, 0.2) is 17.2 Å². The zero-order chi connectivity index (χ0) is 9.68. The third kappa shape index (κ3) is 2.81. The summed E-state index contributed by atoms with van der Waals surface area (Å²) in [5.41, 5.74) is 0.526. The third-order valence-electron chi connectivity index (χ3n) is 1.45. The highest BCUT2D eigenvalue weighted by molar-refractivity contribution is 7.99. The molecule has 0 aliphatic carbocycles. The Morgan fingerprint density at radius 3 is 2.92 bits per heavy atom. The maximum atomic E-state index is 11.2. The van der Waals surface area contributed by atoms with Gasteiger partial charge in [-0.25, -0.2) is 4.79 Å². The number of ether oxygens (including phenoxy) is 1. The summed E-state index contributed by atoms with van der Waals surface area (Å²) in [7, 11) is 0. The van der Waals surface area contributed by atoms with E-state index < -0.39 is 0 Å². The third-order valence-corrected chi connectivity index (χ3v) is 2.29. The Morgan fingerprint density at radius 2 is 2.31 bits per heavy atom. The Balaban J connectivity index is 2.62. The maximum absolute atomic E-state index is 11.2. The second-order valence-corrected chi connectivity index (χ2v) is 3.70. The molecular weight excluding hydrogens is 186 g/mol. The molecule has 1 aromatic heterocycles. The fourth-order valence-electron chi connectivity index (χ4n) is 0.943. The van der Waals surface area contributed by atoms with E-state index in [0.29, 0.717) is 12.3 Å². The summed E-state index contributed by atoms with van der Waals surface area (Å²) in [4.78, 5) is 14.2. The van der Waals surface area contributed by atoms with Gasteiger partial charge in [-0.15, -0.1) is 11.8 Å². The van der Waals surface area contributed by atoms with Crippen molar-refractivity contribution in [1.82, 2.24) is 4.98 Å². The van der Waals surface area contributed by atoms with Crippen molar-refractivity contribution in [1.29, 1.82) is 0 Å². The number of nitrogens with one attached hydrogen (secondary N) is 1. The van der Waals surface area contributed by atoms with E-state index in [1.165, 1.54) is 0 Å². The van der Waals surface area contributed by atoms with Crippen LogP contribution in [-0.4, -0.2) is 23.3 Å². The van der Waals surface area contributed by atoms with Crippen molar-refractivity contribution in [2.24, 2.45) is 0 Å². The fraction of sp³-hybridized carbons (Fsp3) is 0.444. The molecule has 3 nitrogen and oxygen atoms in total. The van der Waals surface area contributed by atoms with Crippen molar-refractivity contribution in [3.8, 4) is 0 Å². The van der Waals surface area contributed by atoms with Gasteiger partial charge in [0.05, 0.1) is 11.6 Å². The van der Waals surface area contributed by atoms with Crippen LogP contribution >= 0.6 is 11.8 Å². The Kier molecular flexibility index (Phi) is 3.89. The first-order valence-corrected chi connectivity index (χ1v) is 5.25. The molecule has 0 saturated heterocycles. The number of hydrogen-bond donors (Lipinski definition) is 1. The first-order chi connectivity index (χ1) is 6.27. The largest absolute Gasteiger partial charge is 0.461 e. The second kappa shape index (κ2) is 4.97. The molecule has 1 heterocycles. The van der Waals surface area contributed by atoms with Crippen LogP contribution in [0, 0.1) is 0 Å². The average Bonchev–Trinajstić information content (AvgIpc) is 2.54. The van der Waals surface area contributed by atoms with Crippen LogP contribution in [0.3, 0.4) is 0 Å². The maximum Gasteiger partial charge on any atom is 0.354 e.